The molecule has 0 saturated carbocycles. The van der Waals surface area contributed by atoms with Gasteiger partial charge in [0.1, 0.15) is 5.82 Å². The van der Waals surface area contributed by atoms with Crippen molar-refractivity contribution >= 4 is 28.1 Å². The number of ether oxygens (including phenoxy) is 1. The fourth-order valence-electron chi connectivity index (χ4n) is 3.31. The van der Waals surface area contributed by atoms with Crippen molar-refractivity contribution in [2.24, 2.45) is 0 Å². The van der Waals surface area contributed by atoms with E-state index in [-0.39, 0.29) is 17.4 Å². The lowest BCUT2D eigenvalue weighted by molar-refractivity contribution is -0.144. The molecule has 0 aliphatic carbocycles. The molecule has 2 aromatic heterocycles. The number of hydrogen-bond donors (Lipinski definition) is 1. The topological polar surface area (TPSA) is 50.3 Å². The number of aromatic nitrogens is 2. The van der Waals surface area contributed by atoms with E-state index in [4.69, 9.17) is 4.74 Å². The lowest BCUT2D eigenvalue weighted by Crippen LogP contribution is -2.41. The monoisotopic (exact) mass is 408 g/mol. The van der Waals surface area contributed by atoms with Gasteiger partial charge in [-0.15, -0.1) is 11.3 Å². The van der Waals surface area contributed by atoms with E-state index in [1.807, 2.05) is 17.5 Å². The number of thiophene rings is 1. The minimum Gasteiger partial charge on any atom is -0.379 e. The second-order valence-corrected chi connectivity index (χ2v) is 7.45. The van der Waals surface area contributed by atoms with E-state index in [0.717, 1.165) is 18.0 Å². The third-order valence-electron chi connectivity index (χ3n) is 4.68. The number of morpholine rings is 1. The standard InChI is InChI=1S/C19H19F3N4OS/c20-19(21,22)18-24-14-5-2-1-4-13(14)17(25-18)23-12-15(16-6-3-11-28-16)26-7-9-27-10-8-26/h1-6,11,15H,7-10,12H2,(H,23,24,25)/t15-/m0/s1. The highest BCUT2D eigenvalue weighted by atomic mass is 32.1. The van der Waals surface area contributed by atoms with Gasteiger partial charge in [0.05, 0.1) is 24.8 Å². The predicted molar refractivity (Wildman–Crippen MR) is 102 cm³/mol. The lowest BCUT2D eigenvalue weighted by atomic mass is 10.1. The van der Waals surface area contributed by atoms with Crippen LogP contribution >= 0.6 is 11.3 Å². The van der Waals surface area contributed by atoms with Gasteiger partial charge in [-0.1, -0.05) is 18.2 Å². The normalized spacial score (nSPS) is 17.0. The number of nitrogens with one attached hydrogen (secondary N) is 1. The molecule has 0 amide bonds. The van der Waals surface area contributed by atoms with Crippen LogP contribution in [0.5, 0.6) is 0 Å². The highest BCUT2D eigenvalue weighted by molar-refractivity contribution is 7.10. The first-order valence-electron chi connectivity index (χ1n) is 8.95. The van der Waals surface area contributed by atoms with Crippen molar-refractivity contribution in [3.63, 3.8) is 0 Å². The number of hydrogen-bond acceptors (Lipinski definition) is 6. The molecule has 28 heavy (non-hydrogen) atoms. The van der Waals surface area contributed by atoms with Crippen molar-refractivity contribution in [3.8, 4) is 0 Å². The molecule has 1 N–H and O–H groups in total. The first-order valence-corrected chi connectivity index (χ1v) is 9.83. The summed E-state index contributed by atoms with van der Waals surface area (Å²) in [6.45, 7) is 3.30. The quantitative estimate of drug-likeness (QED) is 0.686. The number of para-hydroxylation sites is 1. The second kappa shape index (κ2) is 8.02. The summed E-state index contributed by atoms with van der Waals surface area (Å²) in [6, 6.07) is 10.8. The van der Waals surface area contributed by atoms with Gasteiger partial charge in [0.2, 0.25) is 5.82 Å². The second-order valence-electron chi connectivity index (χ2n) is 6.47. The number of benzene rings is 1. The van der Waals surface area contributed by atoms with Crippen molar-refractivity contribution in [2.45, 2.75) is 12.2 Å². The van der Waals surface area contributed by atoms with E-state index in [2.05, 4.69) is 20.2 Å². The SMILES string of the molecule is FC(F)(F)c1nc(NC[C@@H](c2cccs2)N2CCOCC2)c2ccccc2n1. The molecule has 1 aliphatic heterocycles. The van der Waals surface area contributed by atoms with Crippen molar-refractivity contribution in [3.05, 3.63) is 52.5 Å². The van der Waals surface area contributed by atoms with Crippen LogP contribution < -0.4 is 5.32 Å². The van der Waals surface area contributed by atoms with Gasteiger partial charge < -0.3 is 10.1 Å². The largest absolute Gasteiger partial charge is 0.451 e. The molecule has 1 saturated heterocycles. The minimum absolute atomic E-state index is 0.0342. The highest BCUT2D eigenvalue weighted by Crippen LogP contribution is 2.31. The zero-order chi connectivity index (χ0) is 19.6. The molecule has 3 heterocycles. The van der Waals surface area contributed by atoms with Gasteiger partial charge in [0.25, 0.3) is 0 Å². The van der Waals surface area contributed by atoms with E-state index in [1.54, 1.807) is 35.6 Å². The Balaban J connectivity index is 1.64. The van der Waals surface area contributed by atoms with Crippen LogP contribution in [0, 0.1) is 0 Å². The van der Waals surface area contributed by atoms with Gasteiger partial charge in [-0.05, 0) is 23.6 Å². The molecule has 5 nitrogen and oxygen atoms in total. The maximum absolute atomic E-state index is 13.2. The number of rotatable bonds is 5. The smallest absolute Gasteiger partial charge is 0.379 e. The Labute approximate surface area is 164 Å². The molecule has 1 aliphatic rings. The van der Waals surface area contributed by atoms with Gasteiger partial charge in [-0.25, -0.2) is 9.97 Å². The van der Waals surface area contributed by atoms with Crippen LogP contribution in [0.1, 0.15) is 16.7 Å². The van der Waals surface area contributed by atoms with Gasteiger partial charge in [0, 0.05) is 29.9 Å². The highest BCUT2D eigenvalue weighted by Gasteiger charge is 2.35. The Bertz CT molecular complexity index is 927. The van der Waals surface area contributed by atoms with Crippen molar-refractivity contribution in [1.82, 2.24) is 14.9 Å². The van der Waals surface area contributed by atoms with E-state index < -0.39 is 12.0 Å². The maximum atomic E-state index is 13.2. The fraction of sp³-hybridized carbons (Fsp3) is 0.368. The van der Waals surface area contributed by atoms with Gasteiger partial charge in [0.15, 0.2) is 0 Å². The summed E-state index contributed by atoms with van der Waals surface area (Å²) in [5.41, 5.74) is 0.270. The van der Waals surface area contributed by atoms with E-state index in [0.29, 0.717) is 25.1 Å². The Morgan fingerprint density at radius 1 is 1.11 bits per heavy atom. The van der Waals surface area contributed by atoms with Crippen LogP contribution in [0.25, 0.3) is 10.9 Å². The Hall–Kier alpha value is -2.23. The third-order valence-corrected chi connectivity index (χ3v) is 5.65. The summed E-state index contributed by atoms with van der Waals surface area (Å²) in [4.78, 5) is 10.9. The number of halogens is 3. The zero-order valence-electron chi connectivity index (χ0n) is 14.9. The number of fused-ring (bicyclic) bond motifs is 1. The Morgan fingerprint density at radius 2 is 1.89 bits per heavy atom. The summed E-state index contributed by atoms with van der Waals surface area (Å²) in [5, 5.41) is 5.74. The molecule has 3 aromatic rings. The summed E-state index contributed by atoms with van der Waals surface area (Å²) in [7, 11) is 0. The minimum atomic E-state index is -4.60. The first-order chi connectivity index (χ1) is 13.5. The third kappa shape index (κ3) is 4.11. The molecular formula is C19H19F3N4OS. The van der Waals surface area contributed by atoms with Crippen LogP contribution in [-0.4, -0.2) is 47.7 Å². The number of anilines is 1. The Morgan fingerprint density at radius 3 is 2.61 bits per heavy atom. The summed E-state index contributed by atoms with van der Waals surface area (Å²) >= 11 is 1.64. The summed E-state index contributed by atoms with van der Waals surface area (Å²) < 4.78 is 45.1. The summed E-state index contributed by atoms with van der Waals surface area (Å²) in [6.07, 6.45) is -4.60. The lowest BCUT2D eigenvalue weighted by Gasteiger charge is -2.34. The molecule has 4 rings (SSSR count). The van der Waals surface area contributed by atoms with Crippen molar-refractivity contribution in [2.75, 3.05) is 38.2 Å². The molecule has 9 heteroatoms. The van der Waals surface area contributed by atoms with Gasteiger partial charge in [-0.3, -0.25) is 4.90 Å². The number of nitrogens with zero attached hydrogens (tertiary/aromatic N) is 3. The molecule has 0 unspecified atom stereocenters. The molecule has 0 bridgehead atoms. The molecule has 1 aromatic carbocycles. The van der Waals surface area contributed by atoms with E-state index >= 15 is 0 Å². The van der Waals surface area contributed by atoms with Gasteiger partial charge in [-0.2, -0.15) is 13.2 Å². The number of alkyl halides is 3. The Kier molecular flexibility index (Phi) is 5.47. The van der Waals surface area contributed by atoms with Crippen molar-refractivity contribution < 1.29 is 17.9 Å². The average molecular weight is 408 g/mol. The maximum Gasteiger partial charge on any atom is 0.451 e. The molecular weight excluding hydrogens is 389 g/mol. The van der Waals surface area contributed by atoms with Crippen molar-refractivity contribution in [1.29, 1.82) is 0 Å². The molecule has 1 fully saturated rings. The van der Waals surface area contributed by atoms with E-state index in [9.17, 15) is 13.2 Å². The van der Waals surface area contributed by atoms with Crippen LogP contribution in [0.15, 0.2) is 41.8 Å². The first kappa shape index (κ1) is 19.1. The van der Waals surface area contributed by atoms with Crippen LogP contribution in [0.4, 0.5) is 19.0 Å². The zero-order valence-corrected chi connectivity index (χ0v) is 15.8. The fourth-order valence-corrected chi connectivity index (χ4v) is 4.17. The average Bonchev–Trinajstić information content (AvgIpc) is 3.22. The van der Waals surface area contributed by atoms with Crippen LogP contribution in [0.3, 0.4) is 0 Å². The van der Waals surface area contributed by atoms with Crippen LogP contribution in [-0.2, 0) is 10.9 Å². The molecule has 148 valence electrons. The van der Waals surface area contributed by atoms with Crippen LogP contribution in [0.2, 0.25) is 0 Å². The molecule has 0 spiro atoms. The van der Waals surface area contributed by atoms with Gasteiger partial charge >= 0.3 is 6.18 Å². The summed E-state index contributed by atoms with van der Waals surface area (Å²) in [5.74, 6) is -0.930. The van der Waals surface area contributed by atoms with E-state index in [1.165, 1.54) is 0 Å². The molecule has 1 atom stereocenters. The predicted octanol–water partition coefficient (Wildman–Crippen LogP) is 4.20. The molecule has 0 radical (unpaired) electrons.